The lowest BCUT2D eigenvalue weighted by atomic mass is 9.94. The van der Waals surface area contributed by atoms with E-state index < -0.39 is 23.8 Å². The van der Waals surface area contributed by atoms with Crippen molar-refractivity contribution < 1.29 is 19.1 Å². The fourth-order valence-corrected chi connectivity index (χ4v) is 3.05. The average Bonchev–Trinajstić information content (AvgIpc) is 2.70. The SMILES string of the molecule is CCOC(=O)[C@H]1CC(c2ccc(Cl)cc2)=CC(=O)N1NC(=O)c1ccccc1. The molecule has 0 aromatic heterocycles. The molecule has 28 heavy (non-hydrogen) atoms. The summed E-state index contributed by atoms with van der Waals surface area (Å²) in [5, 5.41) is 1.61. The van der Waals surface area contributed by atoms with Crippen molar-refractivity contribution in [1.82, 2.24) is 10.4 Å². The molecule has 2 aromatic carbocycles. The van der Waals surface area contributed by atoms with E-state index in [4.69, 9.17) is 16.3 Å². The second-order valence-electron chi connectivity index (χ2n) is 6.16. The van der Waals surface area contributed by atoms with Crippen molar-refractivity contribution in [2.24, 2.45) is 0 Å². The summed E-state index contributed by atoms with van der Waals surface area (Å²) < 4.78 is 5.12. The van der Waals surface area contributed by atoms with Crippen LogP contribution < -0.4 is 5.43 Å². The summed E-state index contributed by atoms with van der Waals surface area (Å²) >= 11 is 5.92. The second-order valence-corrected chi connectivity index (χ2v) is 6.60. The predicted octanol–water partition coefficient (Wildman–Crippen LogP) is 3.23. The zero-order valence-corrected chi connectivity index (χ0v) is 16.0. The van der Waals surface area contributed by atoms with Gasteiger partial charge in [0.15, 0.2) is 6.04 Å². The Morgan fingerprint density at radius 3 is 2.46 bits per heavy atom. The lowest BCUT2D eigenvalue weighted by Gasteiger charge is -2.33. The van der Waals surface area contributed by atoms with Crippen LogP contribution in [-0.2, 0) is 14.3 Å². The van der Waals surface area contributed by atoms with Gasteiger partial charge in [-0.1, -0.05) is 41.9 Å². The van der Waals surface area contributed by atoms with E-state index in [0.717, 1.165) is 10.6 Å². The monoisotopic (exact) mass is 398 g/mol. The highest BCUT2D eigenvalue weighted by Crippen LogP contribution is 2.28. The first-order valence-electron chi connectivity index (χ1n) is 8.82. The molecule has 0 radical (unpaired) electrons. The van der Waals surface area contributed by atoms with Crippen molar-refractivity contribution in [2.75, 3.05) is 6.61 Å². The normalized spacial score (nSPS) is 16.4. The van der Waals surface area contributed by atoms with E-state index in [1.54, 1.807) is 61.5 Å². The first-order chi connectivity index (χ1) is 13.5. The number of hydrazine groups is 1. The maximum atomic E-state index is 12.7. The molecule has 0 spiro atoms. The maximum Gasteiger partial charge on any atom is 0.331 e. The Balaban J connectivity index is 1.88. The van der Waals surface area contributed by atoms with Crippen LogP contribution >= 0.6 is 11.6 Å². The maximum absolute atomic E-state index is 12.7. The van der Waals surface area contributed by atoms with E-state index in [1.807, 2.05) is 0 Å². The molecule has 0 unspecified atom stereocenters. The number of halogens is 1. The van der Waals surface area contributed by atoms with Crippen LogP contribution in [0.15, 0.2) is 60.7 Å². The quantitative estimate of drug-likeness (QED) is 0.784. The third kappa shape index (κ3) is 4.40. The van der Waals surface area contributed by atoms with Crippen LogP contribution in [0.1, 0.15) is 29.3 Å². The fraction of sp³-hybridized carbons (Fsp3) is 0.190. The van der Waals surface area contributed by atoms with Crippen LogP contribution in [0.2, 0.25) is 5.02 Å². The van der Waals surface area contributed by atoms with Crippen LogP contribution in [0.5, 0.6) is 0 Å². The summed E-state index contributed by atoms with van der Waals surface area (Å²) in [4.78, 5) is 37.7. The number of nitrogens with one attached hydrogen (secondary N) is 1. The molecular weight excluding hydrogens is 380 g/mol. The lowest BCUT2D eigenvalue weighted by Crippen LogP contribution is -2.56. The van der Waals surface area contributed by atoms with Crippen molar-refractivity contribution in [3.05, 3.63) is 76.8 Å². The molecule has 6 nitrogen and oxygen atoms in total. The van der Waals surface area contributed by atoms with E-state index >= 15 is 0 Å². The number of esters is 1. The van der Waals surface area contributed by atoms with Gasteiger partial charge in [-0.05, 0) is 42.3 Å². The molecule has 0 fully saturated rings. The summed E-state index contributed by atoms with van der Waals surface area (Å²) in [7, 11) is 0. The number of benzene rings is 2. The van der Waals surface area contributed by atoms with Crippen LogP contribution in [0.4, 0.5) is 0 Å². The minimum atomic E-state index is -0.962. The number of carbonyl (C=O) groups excluding carboxylic acids is 3. The molecule has 0 saturated heterocycles. The number of hydrogen-bond donors (Lipinski definition) is 1. The summed E-state index contributed by atoms with van der Waals surface area (Å²) in [5.74, 6) is -1.56. The van der Waals surface area contributed by atoms with Crippen molar-refractivity contribution in [3.8, 4) is 0 Å². The number of amides is 2. The van der Waals surface area contributed by atoms with E-state index in [2.05, 4.69) is 5.43 Å². The molecule has 3 rings (SSSR count). The molecular formula is C21H19ClN2O4. The number of carbonyl (C=O) groups is 3. The first kappa shape index (κ1) is 19.6. The Morgan fingerprint density at radius 1 is 1.14 bits per heavy atom. The Kier molecular flexibility index (Phi) is 6.11. The molecule has 0 bridgehead atoms. The van der Waals surface area contributed by atoms with E-state index in [9.17, 15) is 14.4 Å². The fourth-order valence-electron chi connectivity index (χ4n) is 2.92. The van der Waals surface area contributed by atoms with Crippen LogP contribution in [0.3, 0.4) is 0 Å². The van der Waals surface area contributed by atoms with Gasteiger partial charge in [0.2, 0.25) is 0 Å². The molecule has 0 saturated carbocycles. The topological polar surface area (TPSA) is 75.7 Å². The minimum absolute atomic E-state index is 0.171. The van der Waals surface area contributed by atoms with Gasteiger partial charge in [0.1, 0.15) is 0 Å². The summed E-state index contributed by atoms with van der Waals surface area (Å²) in [6.45, 7) is 1.86. The molecule has 144 valence electrons. The van der Waals surface area contributed by atoms with E-state index in [1.165, 1.54) is 6.08 Å². The highest BCUT2D eigenvalue weighted by molar-refractivity contribution is 6.30. The molecule has 1 aliphatic rings. The summed E-state index contributed by atoms with van der Waals surface area (Å²) in [6.07, 6.45) is 1.62. The van der Waals surface area contributed by atoms with Crippen molar-refractivity contribution in [3.63, 3.8) is 0 Å². The number of nitrogens with zero attached hydrogens (tertiary/aromatic N) is 1. The summed E-state index contributed by atoms with van der Waals surface area (Å²) in [5.41, 5.74) is 4.36. The number of rotatable bonds is 5. The van der Waals surface area contributed by atoms with Gasteiger partial charge in [-0.25, -0.2) is 9.80 Å². The zero-order chi connectivity index (χ0) is 20.1. The molecule has 2 aromatic rings. The first-order valence-corrected chi connectivity index (χ1v) is 9.19. The Morgan fingerprint density at radius 2 is 1.82 bits per heavy atom. The molecule has 1 aliphatic heterocycles. The van der Waals surface area contributed by atoms with Crippen molar-refractivity contribution in [1.29, 1.82) is 0 Å². The van der Waals surface area contributed by atoms with Gasteiger partial charge < -0.3 is 4.74 Å². The number of hydrogen-bond acceptors (Lipinski definition) is 4. The van der Waals surface area contributed by atoms with Gasteiger partial charge in [0.05, 0.1) is 6.61 Å². The lowest BCUT2D eigenvalue weighted by molar-refractivity contribution is -0.155. The Bertz CT molecular complexity index is 910. The minimum Gasteiger partial charge on any atom is -0.464 e. The molecule has 0 aliphatic carbocycles. The molecule has 7 heteroatoms. The highest BCUT2D eigenvalue weighted by atomic mass is 35.5. The van der Waals surface area contributed by atoms with Crippen molar-refractivity contribution >= 4 is 35.0 Å². The standard InChI is InChI=1S/C21H19ClN2O4/c1-2-28-21(27)18-12-16(14-8-10-17(22)11-9-14)13-19(25)24(18)23-20(26)15-6-4-3-5-7-15/h3-11,13,18H,2,12H2,1H3,(H,23,26)/t18-/m1/s1. The van der Waals surface area contributed by atoms with Gasteiger partial charge in [0.25, 0.3) is 11.8 Å². The molecule has 1 atom stereocenters. The number of ether oxygens (including phenoxy) is 1. The van der Waals surface area contributed by atoms with Crippen LogP contribution in [0, 0.1) is 0 Å². The van der Waals surface area contributed by atoms with E-state index in [-0.39, 0.29) is 13.0 Å². The van der Waals surface area contributed by atoms with Gasteiger partial charge in [-0.2, -0.15) is 0 Å². The highest BCUT2D eigenvalue weighted by Gasteiger charge is 2.36. The van der Waals surface area contributed by atoms with Gasteiger partial charge in [0, 0.05) is 23.1 Å². The van der Waals surface area contributed by atoms with Crippen molar-refractivity contribution in [2.45, 2.75) is 19.4 Å². The average molecular weight is 399 g/mol. The zero-order valence-electron chi connectivity index (χ0n) is 15.2. The second kappa shape index (κ2) is 8.71. The van der Waals surface area contributed by atoms with Gasteiger partial charge in [-0.3, -0.25) is 15.0 Å². The van der Waals surface area contributed by atoms with Gasteiger partial charge >= 0.3 is 5.97 Å². The predicted molar refractivity (Wildman–Crippen MR) is 105 cm³/mol. The molecule has 1 heterocycles. The van der Waals surface area contributed by atoms with Crippen LogP contribution in [0.25, 0.3) is 5.57 Å². The van der Waals surface area contributed by atoms with Crippen LogP contribution in [-0.4, -0.2) is 35.4 Å². The summed E-state index contributed by atoms with van der Waals surface area (Å²) in [6, 6.07) is 14.5. The van der Waals surface area contributed by atoms with Gasteiger partial charge in [-0.15, -0.1) is 0 Å². The van der Waals surface area contributed by atoms with E-state index in [0.29, 0.717) is 16.2 Å². The Labute approximate surface area is 167 Å². The Hall–Kier alpha value is -3.12. The largest absolute Gasteiger partial charge is 0.464 e. The third-order valence-electron chi connectivity index (χ3n) is 4.29. The molecule has 1 N–H and O–H groups in total. The smallest absolute Gasteiger partial charge is 0.331 e. The third-order valence-corrected chi connectivity index (χ3v) is 4.54. The molecule has 2 amide bonds.